The van der Waals surface area contributed by atoms with Crippen molar-refractivity contribution in [1.82, 2.24) is 14.9 Å². The lowest BCUT2D eigenvalue weighted by molar-refractivity contribution is -0.0123. The number of β-amino-alcohol motifs (C(OH)–C–C–N with tert-alkyl or cyclic N) is 1. The minimum Gasteiger partial charge on any atom is -0.461 e. The summed E-state index contributed by atoms with van der Waals surface area (Å²) >= 11 is 7.70. The van der Waals surface area contributed by atoms with E-state index in [0.29, 0.717) is 31.4 Å². The van der Waals surface area contributed by atoms with Crippen LogP contribution in [-0.2, 0) is 4.74 Å². The number of nitrogens with two attached hydrogens (primary N) is 1. The summed E-state index contributed by atoms with van der Waals surface area (Å²) < 4.78 is 57.2. The molecule has 1 unspecified atom stereocenters. The number of nitrogen functional groups attached to an aromatic ring is 1. The van der Waals surface area contributed by atoms with Crippen molar-refractivity contribution >= 4 is 54.7 Å². The van der Waals surface area contributed by atoms with Crippen LogP contribution in [0.2, 0.25) is 5.02 Å². The van der Waals surface area contributed by atoms with Gasteiger partial charge in [-0.05, 0) is 56.0 Å². The van der Waals surface area contributed by atoms with E-state index in [-0.39, 0.29) is 85.9 Å². The molecule has 0 aliphatic carbocycles. The van der Waals surface area contributed by atoms with Crippen molar-refractivity contribution in [3.8, 4) is 23.2 Å². The fourth-order valence-corrected chi connectivity index (χ4v) is 8.30. The lowest BCUT2D eigenvalue weighted by Crippen LogP contribution is -2.44. The lowest BCUT2D eigenvalue weighted by Gasteiger charge is -2.31. The van der Waals surface area contributed by atoms with Gasteiger partial charge in [-0.15, -0.1) is 11.3 Å². The number of nitriles is 1. The van der Waals surface area contributed by atoms with Gasteiger partial charge in [0.1, 0.15) is 40.4 Å². The summed E-state index contributed by atoms with van der Waals surface area (Å²) in [5, 5.41) is 21.3. The first-order valence-corrected chi connectivity index (χ1v) is 16.1. The number of hydrogen-bond acceptors (Lipinski definition) is 10. The number of fused-ring (bicyclic) bond motifs is 3. The monoisotopic (exact) mass is 670 g/mol. The Balaban J connectivity index is 1.40. The summed E-state index contributed by atoms with van der Waals surface area (Å²) in [4.78, 5) is 13.2. The largest absolute Gasteiger partial charge is 0.461 e. The molecule has 2 aromatic heterocycles. The molecule has 0 amide bonds. The van der Waals surface area contributed by atoms with E-state index in [4.69, 9.17) is 31.8 Å². The predicted octanol–water partition coefficient (Wildman–Crippen LogP) is 5.96. The van der Waals surface area contributed by atoms with Crippen LogP contribution in [0.1, 0.15) is 31.7 Å². The number of thiophene rings is 1. The average molecular weight is 671 g/mol. The molecule has 0 bridgehead atoms. The molecule has 9 nitrogen and oxygen atoms in total. The Labute approximate surface area is 271 Å². The maximum absolute atomic E-state index is 16.9. The van der Waals surface area contributed by atoms with E-state index in [1.54, 1.807) is 11.8 Å². The maximum Gasteiger partial charge on any atom is 0.319 e. The van der Waals surface area contributed by atoms with E-state index in [1.165, 1.54) is 18.2 Å². The number of rotatable bonds is 5. The van der Waals surface area contributed by atoms with Gasteiger partial charge in [-0.1, -0.05) is 17.7 Å². The second-order valence-electron chi connectivity index (χ2n) is 12.5. The zero-order valence-corrected chi connectivity index (χ0v) is 26.5. The van der Waals surface area contributed by atoms with Crippen LogP contribution in [0, 0.1) is 23.0 Å². The van der Waals surface area contributed by atoms with Crippen molar-refractivity contribution in [2.75, 3.05) is 56.6 Å². The number of hydrogen-bond donors (Lipinski definition) is 2. The molecule has 3 saturated heterocycles. The first kappa shape index (κ1) is 31.0. The van der Waals surface area contributed by atoms with Crippen molar-refractivity contribution in [3.63, 3.8) is 0 Å². The summed E-state index contributed by atoms with van der Waals surface area (Å²) in [6, 6.07) is 5.99. The average Bonchev–Trinajstić information content (AvgIpc) is 3.64. The Hall–Kier alpha value is -3.67. The Kier molecular flexibility index (Phi) is 7.76. The van der Waals surface area contributed by atoms with Crippen molar-refractivity contribution < 1.29 is 27.8 Å². The zero-order valence-electron chi connectivity index (χ0n) is 24.9. The molecule has 7 rings (SSSR count). The third-order valence-corrected chi connectivity index (χ3v) is 10.4. The first-order valence-electron chi connectivity index (χ1n) is 14.9. The van der Waals surface area contributed by atoms with E-state index in [9.17, 15) is 19.1 Å². The molecular weight excluding hydrogens is 641 g/mol. The number of benzene rings is 2. The van der Waals surface area contributed by atoms with Gasteiger partial charge >= 0.3 is 6.01 Å². The highest BCUT2D eigenvalue weighted by Gasteiger charge is 2.47. The summed E-state index contributed by atoms with van der Waals surface area (Å²) in [5.41, 5.74) is 5.11. The first-order chi connectivity index (χ1) is 22.0. The van der Waals surface area contributed by atoms with Crippen molar-refractivity contribution in [1.29, 1.82) is 5.26 Å². The van der Waals surface area contributed by atoms with Crippen LogP contribution in [0.15, 0.2) is 30.1 Å². The van der Waals surface area contributed by atoms with Crippen LogP contribution >= 0.6 is 22.9 Å². The third kappa shape index (κ3) is 5.12. The Bertz CT molecular complexity index is 1960. The SMILES string of the molecule is C[C@@]1(O)COCCN(c2nc(OCC34CCCN3C/C(=C\F)C4)nc3c(F)c(-c4ccc(F)c5sc(N)c(C#N)c45)c(Cl)cc23)C1. The molecule has 3 aliphatic heterocycles. The van der Waals surface area contributed by atoms with Gasteiger partial charge in [0.25, 0.3) is 0 Å². The molecule has 3 N–H and O–H groups in total. The van der Waals surface area contributed by atoms with Crippen LogP contribution in [0.3, 0.4) is 0 Å². The molecule has 2 atom stereocenters. The van der Waals surface area contributed by atoms with E-state index in [1.807, 2.05) is 6.07 Å². The van der Waals surface area contributed by atoms with Crippen LogP contribution < -0.4 is 15.4 Å². The summed E-state index contributed by atoms with van der Waals surface area (Å²) in [5.74, 6) is -1.13. The van der Waals surface area contributed by atoms with E-state index < -0.39 is 22.8 Å². The molecule has 2 aromatic carbocycles. The molecule has 0 spiro atoms. The second kappa shape index (κ2) is 11.5. The van der Waals surface area contributed by atoms with Crippen LogP contribution in [0.25, 0.3) is 32.1 Å². The molecule has 3 fully saturated rings. The van der Waals surface area contributed by atoms with Gasteiger partial charge in [0.05, 0.1) is 46.9 Å². The van der Waals surface area contributed by atoms with Crippen molar-refractivity contribution in [2.45, 2.75) is 37.3 Å². The molecule has 5 heterocycles. The molecule has 14 heteroatoms. The van der Waals surface area contributed by atoms with E-state index in [2.05, 4.69) is 9.88 Å². The number of aliphatic hydroxyl groups is 1. The van der Waals surface area contributed by atoms with Gasteiger partial charge in [0, 0.05) is 29.4 Å². The quantitative estimate of drug-likeness (QED) is 0.265. The minimum absolute atomic E-state index is 0.0140. The maximum atomic E-state index is 16.9. The number of halogens is 4. The van der Waals surface area contributed by atoms with E-state index in [0.717, 1.165) is 30.7 Å². The minimum atomic E-state index is -1.23. The van der Waals surface area contributed by atoms with Gasteiger partial charge in [-0.25, -0.2) is 13.2 Å². The predicted molar refractivity (Wildman–Crippen MR) is 171 cm³/mol. The van der Waals surface area contributed by atoms with Gasteiger partial charge in [-0.2, -0.15) is 15.2 Å². The fourth-order valence-electron chi connectivity index (χ4n) is 7.06. The standard InChI is InChI=1S/C32H30ClF3N6O3S/c1-31(43)14-41(7-8-44-15-31)29-19-9-21(33)24(18-3-4-22(35)27-23(18)20(12-37)28(38)46-27)25(36)26(19)39-30(40-29)45-16-32-5-2-6-42(32)13-17(10-32)11-34/h3-4,9,11,43H,2,5-8,10,13-16,38H2,1H3/b17-11-/t31-,32?/m0/s1. The third-order valence-electron chi connectivity index (χ3n) is 9.11. The van der Waals surface area contributed by atoms with Crippen LogP contribution in [0.5, 0.6) is 6.01 Å². The smallest absolute Gasteiger partial charge is 0.319 e. The highest BCUT2D eigenvalue weighted by atomic mass is 35.5. The number of anilines is 2. The van der Waals surface area contributed by atoms with Crippen molar-refractivity contribution in [3.05, 3.63) is 52.3 Å². The Morgan fingerprint density at radius 3 is 2.91 bits per heavy atom. The van der Waals surface area contributed by atoms with Gasteiger partial charge in [0.15, 0.2) is 5.82 Å². The number of nitrogens with zero attached hydrogens (tertiary/aromatic N) is 5. The molecule has 0 radical (unpaired) electrons. The Morgan fingerprint density at radius 1 is 1.30 bits per heavy atom. The molecule has 46 heavy (non-hydrogen) atoms. The molecule has 240 valence electrons. The van der Waals surface area contributed by atoms with Gasteiger partial charge in [-0.3, -0.25) is 4.90 Å². The molecule has 0 saturated carbocycles. The topological polar surface area (TPSA) is 121 Å². The fraction of sp³-hybridized carbons (Fsp3) is 0.406. The molecule has 4 aromatic rings. The zero-order chi connectivity index (χ0) is 32.4. The lowest BCUT2D eigenvalue weighted by atomic mass is 9.94. The van der Waals surface area contributed by atoms with Gasteiger partial charge in [0.2, 0.25) is 0 Å². The van der Waals surface area contributed by atoms with Crippen LogP contribution in [0.4, 0.5) is 24.0 Å². The Morgan fingerprint density at radius 2 is 2.13 bits per heavy atom. The summed E-state index contributed by atoms with van der Waals surface area (Å²) in [6.07, 6.45) is 2.91. The number of aromatic nitrogens is 2. The van der Waals surface area contributed by atoms with Crippen LogP contribution in [-0.4, -0.2) is 77.1 Å². The summed E-state index contributed by atoms with van der Waals surface area (Å²) in [6.45, 7) is 3.98. The highest BCUT2D eigenvalue weighted by Crippen LogP contribution is 2.46. The summed E-state index contributed by atoms with van der Waals surface area (Å²) in [7, 11) is 0. The van der Waals surface area contributed by atoms with Gasteiger partial charge < -0.3 is 25.2 Å². The number of ether oxygens (including phenoxy) is 2. The van der Waals surface area contributed by atoms with E-state index >= 15 is 4.39 Å². The highest BCUT2D eigenvalue weighted by molar-refractivity contribution is 7.23. The molecule has 3 aliphatic rings. The second-order valence-corrected chi connectivity index (χ2v) is 13.9. The van der Waals surface area contributed by atoms with Crippen molar-refractivity contribution in [2.24, 2.45) is 0 Å². The molecular formula is C32H30ClF3N6O3S. The normalized spacial score (nSPS) is 24.5.